The Kier molecular flexibility index (Phi) is 10.4. The first-order valence-electron chi connectivity index (χ1n) is 4.43. The first-order valence-corrected chi connectivity index (χ1v) is 5.90. The Morgan fingerprint density at radius 3 is 2.15 bits per heavy atom. The van der Waals surface area contributed by atoms with Gasteiger partial charge in [0.25, 0.3) is 0 Å². The first-order chi connectivity index (χ1) is 5.48. The van der Waals surface area contributed by atoms with E-state index in [9.17, 15) is 13.0 Å². The second kappa shape index (κ2) is 8.24. The molecular formula is C8H17NaO3S. The van der Waals surface area contributed by atoms with Gasteiger partial charge < -0.3 is 4.55 Å². The van der Waals surface area contributed by atoms with Gasteiger partial charge in [-0.1, -0.05) is 32.6 Å². The van der Waals surface area contributed by atoms with E-state index in [2.05, 4.69) is 6.92 Å². The zero-order valence-corrected chi connectivity index (χ0v) is 11.6. The molecule has 0 bridgehead atoms. The molecule has 0 aromatic heterocycles. The van der Waals surface area contributed by atoms with Gasteiger partial charge in [0.2, 0.25) is 0 Å². The van der Waals surface area contributed by atoms with Crippen molar-refractivity contribution in [3.63, 3.8) is 0 Å². The van der Waals surface area contributed by atoms with E-state index >= 15 is 0 Å². The predicted molar refractivity (Wildman–Crippen MR) is 47.9 cm³/mol. The van der Waals surface area contributed by atoms with Crippen molar-refractivity contribution in [2.24, 2.45) is 0 Å². The first kappa shape index (κ1) is 16.3. The van der Waals surface area contributed by atoms with E-state index in [0.717, 1.165) is 25.7 Å². The SMILES string of the molecule is CCCCCC[C@H](C)S(=O)(=O)[O-].[Na+]. The fourth-order valence-corrected chi connectivity index (χ4v) is 1.46. The fraction of sp³-hybridized carbons (Fsp3) is 1.00. The van der Waals surface area contributed by atoms with E-state index in [1.165, 1.54) is 6.92 Å². The smallest absolute Gasteiger partial charge is 0.748 e. The van der Waals surface area contributed by atoms with Gasteiger partial charge in [0, 0.05) is 5.25 Å². The number of hydrogen-bond donors (Lipinski definition) is 0. The molecule has 3 nitrogen and oxygen atoms in total. The Labute approximate surface area is 103 Å². The van der Waals surface area contributed by atoms with Crippen LogP contribution in [0.25, 0.3) is 0 Å². The van der Waals surface area contributed by atoms with Crippen LogP contribution in [0, 0.1) is 0 Å². The van der Waals surface area contributed by atoms with Crippen LogP contribution in [0.5, 0.6) is 0 Å². The molecule has 0 spiro atoms. The van der Waals surface area contributed by atoms with Gasteiger partial charge in [-0.15, -0.1) is 0 Å². The van der Waals surface area contributed by atoms with E-state index in [1.807, 2.05) is 0 Å². The minimum atomic E-state index is -4.04. The summed E-state index contributed by atoms with van der Waals surface area (Å²) in [5.74, 6) is 0. The summed E-state index contributed by atoms with van der Waals surface area (Å²) in [7, 11) is -4.04. The van der Waals surface area contributed by atoms with Crippen molar-refractivity contribution in [3.8, 4) is 0 Å². The van der Waals surface area contributed by atoms with Crippen LogP contribution in [0.4, 0.5) is 0 Å². The molecule has 1 atom stereocenters. The van der Waals surface area contributed by atoms with Crippen LogP contribution in [-0.4, -0.2) is 18.2 Å². The molecule has 0 unspecified atom stereocenters. The minimum Gasteiger partial charge on any atom is -0.748 e. The second-order valence-corrected chi connectivity index (χ2v) is 4.94. The normalized spacial score (nSPS) is 13.5. The molecule has 0 saturated carbocycles. The Hall–Kier alpha value is 0.910. The third-order valence-electron chi connectivity index (χ3n) is 1.96. The molecule has 0 amide bonds. The van der Waals surface area contributed by atoms with E-state index in [0.29, 0.717) is 6.42 Å². The predicted octanol–water partition coefficient (Wildman–Crippen LogP) is -1.11. The van der Waals surface area contributed by atoms with E-state index in [1.54, 1.807) is 0 Å². The van der Waals surface area contributed by atoms with Gasteiger partial charge in [-0.05, 0) is 13.3 Å². The average Bonchev–Trinajstić information content (AvgIpc) is 1.96. The van der Waals surface area contributed by atoms with Crippen LogP contribution >= 0.6 is 0 Å². The zero-order valence-electron chi connectivity index (χ0n) is 8.75. The molecule has 0 radical (unpaired) electrons. The van der Waals surface area contributed by atoms with Crippen LogP contribution < -0.4 is 29.6 Å². The van der Waals surface area contributed by atoms with Crippen molar-refractivity contribution in [1.29, 1.82) is 0 Å². The van der Waals surface area contributed by atoms with Gasteiger partial charge in [-0.2, -0.15) is 0 Å². The molecule has 0 saturated heterocycles. The maximum Gasteiger partial charge on any atom is 1.00 e. The van der Waals surface area contributed by atoms with Crippen LogP contribution in [0.15, 0.2) is 0 Å². The van der Waals surface area contributed by atoms with Crippen molar-refractivity contribution in [2.45, 2.75) is 51.2 Å². The van der Waals surface area contributed by atoms with Crippen molar-refractivity contribution in [1.82, 2.24) is 0 Å². The minimum absolute atomic E-state index is 0. The maximum absolute atomic E-state index is 10.4. The summed E-state index contributed by atoms with van der Waals surface area (Å²) in [6.07, 6.45) is 4.61. The van der Waals surface area contributed by atoms with Crippen molar-refractivity contribution < 1.29 is 42.5 Å². The quantitative estimate of drug-likeness (QED) is 0.321. The van der Waals surface area contributed by atoms with E-state index < -0.39 is 15.4 Å². The molecule has 0 fully saturated rings. The summed E-state index contributed by atoms with van der Waals surface area (Å²) in [6, 6.07) is 0. The third-order valence-corrected chi connectivity index (χ3v) is 3.18. The largest absolute Gasteiger partial charge is 1.00 e. The molecule has 5 heteroatoms. The molecule has 0 aliphatic rings. The molecule has 0 aromatic rings. The number of hydrogen-bond acceptors (Lipinski definition) is 3. The van der Waals surface area contributed by atoms with Gasteiger partial charge in [0.05, 0.1) is 10.1 Å². The monoisotopic (exact) mass is 216 g/mol. The van der Waals surface area contributed by atoms with Gasteiger partial charge in [0.1, 0.15) is 0 Å². The van der Waals surface area contributed by atoms with Crippen LogP contribution in [0.2, 0.25) is 0 Å². The standard InChI is InChI=1S/C8H18O3S.Na/c1-3-4-5-6-7-8(2)12(9,10)11;/h8H,3-7H2,1-2H3,(H,9,10,11);/q;+1/p-1/t8-;/m0./s1. The maximum atomic E-state index is 10.4. The second-order valence-electron chi connectivity index (χ2n) is 3.15. The van der Waals surface area contributed by atoms with Gasteiger partial charge in [0.15, 0.2) is 0 Å². The Bertz CT molecular complexity index is 201. The van der Waals surface area contributed by atoms with E-state index in [4.69, 9.17) is 0 Å². The third kappa shape index (κ3) is 9.22. The molecular weight excluding hydrogens is 199 g/mol. The fourth-order valence-electron chi connectivity index (χ4n) is 1.00. The van der Waals surface area contributed by atoms with Crippen LogP contribution in [0.3, 0.4) is 0 Å². The number of rotatable bonds is 6. The van der Waals surface area contributed by atoms with Gasteiger partial charge in [-0.3, -0.25) is 0 Å². The van der Waals surface area contributed by atoms with Crippen LogP contribution in [0.1, 0.15) is 46.0 Å². The summed E-state index contributed by atoms with van der Waals surface area (Å²) in [6.45, 7) is 3.57. The summed E-state index contributed by atoms with van der Waals surface area (Å²) in [4.78, 5) is 0. The summed E-state index contributed by atoms with van der Waals surface area (Å²) < 4.78 is 31.3. The Morgan fingerprint density at radius 1 is 1.23 bits per heavy atom. The molecule has 0 aliphatic heterocycles. The molecule has 0 rings (SSSR count). The van der Waals surface area contributed by atoms with E-state index in [-0.39, 0.29) is 29.6 Å². The van der Waals surface area contributed by atoms with Gasteiger partial charge >= 0.3 is 29.6 Å². The topological polar surface area (TPSA) is 57.2 Å². The average molecular weight is 216 g/mol. The van der Waals surface area contributed by atoms with Crippen molar-refractivity contribution in [2.75, 3.05) is 0 Å². The molecule has 0 aromatic carbocycles. The Balaban J connectivity index is 0. The molecule has 13 heavy (non-hydrogen) atoms. The molecule has 0 aliphatic carbocycles. The van der Waals surface area contributed by atoms with Crippen molar-refractivity contribution in [3.05, 3.63) is 0 Å². The molecule has 0 heterocycles. The molecule has 0 N–H and O–H groups in total. The van der Waals surface area contributed by atoms with Gasteiger partial charge in [-0.25, -0.2) is 8.42 Å². The van der Waals surface area contributed by atoms with Crippen molar-refractivity contribution >= 4 is 10.1 Å². The van der Waals surface area contributed by atoms with Crippen LogP contribution in [-0.2, 0) is 10.1 Å². The zero-order chi connectivity index (χ0) is 9.61. The summed E-state index contributed by atoms with van der Waals surface area (Å²) >= 11 is 0. The summed E-state index contributed by atoms with van der Waals surface area (Å²) in [5.41, 5.74) is 0. The molecule has 74 valence electrons. The summed E-state index contributed by atoms with van der Waals surface area (Å²) in [5, 5.41) is -0.714. The Morgan fingerprint density at radius 2 is 1.77 bits per heavy atom. The number of unbranched alkanes of at least 4 members (excludes halogenated alkanes) is 3.